The average molecular weight is 946 g/mol. The number of aromatic nitrogens is 4. The van der Waals surface area contributed by atoms with Crippen LogP contribution in [-0.4, -0.2) is 32.8 Å². The van der Waals surface area contributed by atoms with Crippen LogP contribution in [0.4, 0.5) is 4.39 Å². The molecule has 267 valence electrons. The van der Waals surface area contributed by atoms with Gasteiger partial charge in [0.25, 0.3) is 0 Å². The summed E-state index contributed by atoms with van der Waals surface area (Å²) in [5, 5.41) is 3.71. The summed E-state index contributed by atoms with van der Waals surface area (Å²) >= 11 is -1.72. The molecule has 0 spiro atoms. The Hall–Kier alpha value is -5.41. The van der Waals surface area contributed by atoms with Crippen LogP contribution in [0.3, 0.4) is 0 Å². The Morgan fingerprint density at radius 1 is 0.722 bits per heavy atom. The van der Waals surface area contributed by atoms with Gasteiger partial charge >= 0.3 is 99.8 Å². The van der Waals surface area contributed by atoms with Crippen molar-refractivity contribution < 1.29 is 33.3 Å². The average Bonchev–Trinajstić information content (AvgIpc) is 3.87. The van der Waals surface area contributed by atoms with Gasteiger partial charge in [-0.2, -0.15) is 9.37 Å². The maximum Gasteiger partial charge on any atom is 0 e. The molecule has 54 heavy (non-hydrogen) atoms. The van der Waals surface area contributed by atoms with E-state index in [1.807, 2.05) is 98.0 Å². The minimum atomic E-state index is -1.72. The first-order valence-electron chi connectivity index (χ1n) is 17.5. The van der Waals surface area contributed by atoms with Crippen molar-refractivity contribution in [3.8, 4) is 28.3 Å². The van der Waals surface area contributed by atoms with Gasteiger partial charge in [-0.15, -0.1) is 17.7 Å². The van der Waals surface area contributed by atoms with Gasteiger partial charge in [0.05, 0.1) is 28.1 Å². The molecule has 0 N–H and O–H groups in total. The Morgan fingerprint density at radius 3 is 2.31 bits per heavy atom. The smallest absolute Gasteiger partial charge is 0 e. The molecule has 0 saturated heterocycles. The van der Waals surface area contributed by atoms with Crippen LogP contribution in [0, 0.1) is 25.0 Å². The van der Waals surface area contributed by atoms with Gasteiger partial charge in [0.2, 0.25) is 11.7 Å². The van der Waals surface area contributed by atoms with E-state index in [0.717, 1.165) is 66.3 Å². The molecule has 5 aromatic carbocycles. The van der Waals surface area contributed by atoms with Crippen molar-refractivity contribution in [1.82, 2.24) is 19.5 Å². The van der Waals surface area contributed by atoms with Crippen molar-refractivity contribution in [3.05, 3.63) is 151 Å². The van der Waals surface area contributed by atoms with Crippen LogP contribution in [0.15, 0.2) is 136 Å². The molecular formula is C45H33FGeIrN4O2-2. The summed E-state index contributed by atoms with van der Waals surface area (Å²) in [5.74, 6) is 7.21. The second kappa shape index (κ2) is 14.1. The maximum atomic E-state index is 13.9. The summed E-state index contributed by atoms with van der Waals surface area (Å²) in [6.45, 7) is 1.99. The molecule has 0 aliphatic carbocycles. The molecule has 5 aromatic heterocycles. The first kappa shape index (κ1) is 35.6. The molecule has 0 aliphatic rings. The number of rotatable bonds is 4. The fraction of sp³-hybridized carbons (Fsp3) is 0.0889. The summed E-state index contributed by atoms with van der Waals surface area (Å²) in [6.07, 6.45) is 2.04. The van der Waals surface area contributed by atoms with Crippen molar-refractivity contribution in [1.29, 1.82) is 0 Å². The number of furan rings is 2. The zero-order valence-electron chi connectivity index (χ0n) is 29.9. The third-order valence-electron chi connectivity index (χ3n) is 9.60. The number of hydrogen-bond donors (Lipinski definition) is 0. The van der Waals surface area contributed by atoms with Crippen LogP contribution in [-0.2, 0) is 20.1 Å². The molecule has 10 aromatic rings. The normalized spacial score (nSPS) is 11.6. The number of benzene rings is 5. The zero-order valence-corrected chi connectivity index (χ0v) is 34.4. The van der Waals surface area contributed by atoms with E-state index in [0.29, 0.717) is 17.0 Å². The number of pyridine rings is 2. The third-order valence-corrected chi connectivity index (χ3v) is 13.9. The van der Waals surface area contributed by atoms with Gasteiger partial charge in [0, 0.05) is 36.3 Å². The van der Waals surface area contributed by atoms with E-state index in [4.69, 9.17) is 13.8 Å². The molecule has 0 unspecified atom stereocenters. The number of hydrogen-bond acceptors (Lipinski definition) is 5. The first-order valence-corrected chi connectivity index (χ1v) is 24.8. The fourth-order valence-electron chi connectivity index (χ4n) is 6.90. The molecule has 0 atom stereocenters. The Morgan fingerprint density at radius 2 is 1.52 bits per heavy atom. The number of imidazole rings is 1. The quantitative estimate of drug-likeness (QED) is 0.0999. The van der Waals surface area contributed by atoms with E-state index in [9.17, 15) is 4.39 Å². The predicted octanol–water partition coefficient (Wildman–Crippen LogP) is 11.2. The van der Waals surface area contributed by atoms with E-state index in [2.05, 4.69) is 68.2 Å². The zero-order chi connectivity index (χ0) is 36.3. The molecule has 0 saturated carbocycles. The summed E-state index contributed by atoms with van der Waals surface area (Å²) < 4.78 is 30.0. The summed E-state index contributed by atoms with van der Waals surface area (Å²) in [5.41, 5.74) is 8.74. The minimum Gasteiger partial charge on any atom is 0 e. The van der Waals surface area contributed by atoms with Gasteiger partial charge < -0.3 is 13.4 Å². The van der Waals surface area contributed by atoms with Crippen LogP contribution in [0.2, 0.25) is 17.3 Å². The van der Waals surface area contributed by atoms with Crippen molar-refractivity contribution in [2.75, 3.05) is 0 Å². The first-order chi connectivity index (χ1) is 25.7. The van der Waals surface area contributed by atoms with E-state index in [-0.39, 0.29) is 25.8 Å². The molecular weight excluding hydrogens is 912 g/mol. The summed E-state index contributed by atoms with van der Waals surface area (Å²) in [6, 6.07) is 46.0. The monoisotopic (exact) mass is 947 g/mol. The molecule has 0 bridgehead atoms. The van der Waals surface area contributed by atoms with Crippen LogP contribution in [0.25, 0.3) is 83.4 Å². The van der Waals surface area contributed by atoms with Crippen LogP contribution in [0.1, 0.15) is 5.56 Å². The van der Waals surface area contributed by atoms with Crippen LogP contribution in [0.5, 0.6) is 0 Å². The molecule has 0 aliphatic heterocycles. The molecule has 5 heterocycles. The third kappa shape index (κ3) is 6.24. The van der Waals surface area contributed by atoms with Crippen molar-refractivity contribution in [2.24, 2.45) is 0 Å². The van der Waals surface area contributed by atoms with Gasteiger partial charge in [-0.3, -0.25) is 4.98 Å². The molecule has 1 radical (unpaired) electrons. The Bertz CT molecular complexity index is 2960. The van der Waals surface area contributed by atoms with E-state index >= 15 is 0 Å². The predicted molar refractivity (Wildman–Crippen MR) is 214 cm³/mol. The van der Waals surface area contributed by atoms with Gasteiger partial charge in [-0.05, 0) is 36.4 Å². The topological polar surface area (TPSA) is 69.9 Å². The van der Waals surface area contributed by atoms with E-state index < -0.39 is 19.2 Å². The van der Waals surface area contributed by atoms with Crippen LogP contribution >= 0.6 is 0 Å². The molecule has 0 fully saturated rings. The number of fused-ring (bicyclic) bond motifs is 7. The summed E-state index contributed by atoms with van der Waals surface area (Å²) in [4.78, 5) is 13.5. The van der Waals surface area contributed by atoms with Gasteiger partial charge in [0.1, 0.15) is 5.58 Å². The van der Waals surface area contributed by atoms with E-state index in [1.165, 1.54) is 10.5 Å². The molecule has 10 rings (SSSR count). The summed E-state index contributed by atoms with van der Waals surface area (Å²) in [7, 11) is 0. The minimum absolute atomic E-state index is 0. The van der Waals surface area contributed by atoms with E-state index in [1.54, 1.807) is 6.07 Å². The molecule has 6 nitrogen and oxygen atoms in total. The standard InChI is InChI=1S/C31H17FN3O2.C14H16GeN.Ir/c1-17-13-14-21(29-27(17)20-15-16-26(32)34-31(20)37-29)30-33-22-9-3-4-10-23(22)35(30)24-11-6-8-19-18-7-2-5-12-25(18)36-28(19)24;1-15(2,3)13-9-10-14(16-11-13)12-7-5-4-6-8-12;/h2-13,15-16H,1H3;4-7,9-11H,1-3H3;/q2*-1;. The fourth-order valence-corrected chi connectivity index (χ4v) is 9.08. The molecule has 9 heteroatoms. The van der Waals surface area contributed by atoms with Gasteiger partial charge in [0.15, 0.2) is 5.58 Å². The van der Waals surface area contributed by atoms with Crippen molar-refractivity contribution in [3.63, 3.8) is 0 Å². The number of nitrogens with zero attached hydrogens (tertiary/aromatic N) is 4. The second-order valence-corrected chi connectivity index (χ2v) is 24.8. The van der Waals surface area contributed by atoms with Crippen molar-refractivity contribution in [2.45, 2.75) is 24.2 Å². The van der Waals surface area contributed by atoms with Crippen LogP contribution < -0.4 is 4.40 Å². The second-order valence-electron chi connectivity index (χ2n) is 14.1. The Labute approximate surface area is 327 Å². The maximum absolute atomic E-state index is 13.9. The van der Waals surface area contributed by atoms with Gasteiger partial charge in [-0.1, -0.05) is 60.3 Å². The van der Waals surface area contributed by atoms with Gasteiger partial charge in [-0.25, -0.2) is 0 Å². The largest absolute Gasteiger partial charge is 0 e. The Balaban J connectivity index is 0.000000206. The number of halogens is 1. The molecule has 0 amide bonds. The number of aryl methyl sites for hydroxylation is 1. The van der Waals surface area contributed by atoms with Crippen molar-refractivity contribution >= 4 is 72.7 Å². The Kier molecular flexibility index (Phi) is 9.30. The number of para-hydroxylation sites is 4. The SMILES string of the molecule is Cc1c[c-]c(-c2nc3ccccc3n2-c2cccc3c2oc2ccccc23)c2oc3nc(F)ccc3c12.[CH3][Ge]([CH3])([CH3])[c]1ccc(-c2[c-]cccc2)nc1.[Ir].